The summed E-state index contributed by atoms with van der Waals surface area (Å²) in [6, 6.07) is 6.05. The van der Waals surface area contributed by atoms with Crippen LogP contribution in [0.4, 0.5) is 13.2 Å². The quantitative estimate of drug-likeness (QED) is 0.802. The van der Waals surface area contributed by atoms with Gasteiger partial charge in [-0.2, -0.15) is 13.2 Å². The maximum atomic E-state index is 12.4. The van der Waals surface area contributed by atoms with Gasteiger partial charge in [-0.25, -0.2) is 9.97 Å². The Bertz CT molecular complexity index is 565. The molecule has 0 amide bonds. The normalized spacial score (nSPS) is 11.3. The van der Waals surface area contributed by atoms with Crippen molar-refractivity contribution in [1.82, 2.24) is 9.97 Å². The van der Waals surface area contributed by atoms with Gasteiger partial charge in [0.2, 0.25) is 5.78 Å². The second kappa shape index (κ2) is 5.17. The molecule has 0 atom stereocenters. The molecule has 0 bridgehead atoms. The lowest BCUT2D eigenvalue weighted by atomic mass is 10.1. The van der Waals surface area contributed by atoms with Crippen molar-refractivity contribution in [2.45, 2.75) is 12.6 Å². The molecule has 2 rings (SSSR count). The third-order valence-electron chi connectivity index (χ3n) is 2.46. The molecular weight excluding hydrogens is 257 g/mol. The van der Waals surface area contributed by atoms with E-state index < -0.39 is 11.7 Å². The molecule has 98 valence electrons. The molecule has 0 saturated heterocycles. The highest BCUT2D eigenvalue weighted by atomic mass is 19.4. The molecule has 6 heteroatoms. The smallest absolute Gasteiger partial charge is 0.290 e. The number of ketones is 1. The zero-order valence-electron chi connectivity index (χ0n) is 9.69. The summed E-state index contributed by atoms with van der Waals surface area (Å²) in [6.45, 7) is 0. The number of carbonyl (C=O) groups excluding carboxylic acids is 1. The van der Waals surface area contributed by atoms with Crippen LogP contribution < -0.4 is 0 Å². The molecule has 1 heterocycles. The van der Waals surface area contributed by atoms with Gasteiger partial charge in [-0.3, -0.25) is 4.79 Å². The van der Waals surface area contributed by atoms with Gasteiger partial charge in [-0.05, 0) is 23.8 Å². The molecule has 0 radical (unpaired) electrons. The second-order valence-electron chi connectivity index (χ2n) is 3.87. The maximum absolute atomic E-state index is 12.4. The number of hydrogen-bond donors (Lipinski definition) is 0. The van der Waals surface area contributed by atoms with Crippen LogP contribution in [-0.2, 0) is 12.6 Å². The Hall–Kier alpha value is -2.24. The van der Waals surface area contributed by atoms with Gasteiger partial charge in [-0.15, -0.1) is 0 Å². The third kappa shape index (κ3) is 3.37. The summed E-state index contributed by atoms with van der Waals surface area (Å²) < 4.78 is 37.1. The fourth-order valence-electron chi connectivity index (χ4n) is 1.52. The van der Waals surface area contributed by atoms with E-state index in [9.17, 15) is 18.0 Å². The fourth-order valence-corrected chi connectivity index (χ4v) is 1.52. The van der Waals surface area contributed by atoms with Crippen LogP contribution in [0.25, 0.3) is 0 Å². The molecule has 0 aliphatic rings. The Morgan fingerprint density at radius 1 is 1.05 bits per heavy atom. The zero-order valence-corrected chi connectivity index (χ0v) is 9.69. The van der Waals surface area contributed by atoms with E-state index in [0.717, 1.165) is 12.1 Å². The van der Waals surface area contributed by atoms with E-state index in [4.69, 9.17) is 0 Å². The number of aromatic nitrogens is 2. The number of carbonyl (C=O) groups is 1. The minimum absolute atomic E-state index is 0.0256. The van der Waals surface area contributed by atoms with Gasteiger partial charge >= 0.3 is 6.18 Å². The van der Waals surface area contributed by atoms with Crippen molar-refractivity contribution >= 4 is 5.78 Å². The lowest BCUT2D eigenvalue weighted by Crippen LogP contribution is -2.09. The molecule has 0 saturated carbocycles. The number of rotatable bonds is 3. The number of Topliss-reactive ketones (excluding diaryl/α,β-unsaturated/α-hetero) is 1. The van der Waals surface area contributed by atoms with Crippen molar-refractivity contribution in [2.75, 3.05) is 0 Å². The minimum Gasteiger partial charge on any atom is -0.290 e. The molecule has 0 aliphatic heterocycles. The average Bonchev–Trinajstić information content (AvgIpc) is 2.39. The predicted octanol–water partition coefficient (Wildman–Crippen LogP) is 2.92. The first-order valence-corrected chi connectivity index (χ1v) is 5.43. The van der Waals surface area contributed by atoms with E-state index in [1.165, 1.54) is 24.5 Å². The molecule has 3 nitrogen and oxygen atoms in total. The SMILES string of the molecule is O=C(Cc1ccc(C(F)(F)F)cc1)c1ncccn1. The van der Waals surface area contributed by atoms with E-state index in [1.54, 1.807) is 6.07 Å². The van der Waals surface area contributed by atoms with Gasteiger partial charge in [-0.1, -0.05) is 12.1 Å². The van der Waals surface area contributed by atoms with Gasteiger partial charge < -0.3 is 0 Å². The Balaban J connectivity index is 2.10. The number of benzene rings is 1. The number of alkyl halides is 3. The topological polar surface area (TPSA) is 42.9 Å². The van der Waals surface area contributed by atoms with Gasteiger partial charge in [0.15, 0.2) is 5.82 Å². The standard InChI is InChI=1S/C13H9F3N2O/c14-13(15,16)10-4-2-9(3-5-10)8-11(19)12-17-6-1-7-18-12/h1-7H,8H2. The third-order valence-corrected chi connectivity index (χ3v) is 2.46. The van der Waals surface area contributed by atoms with Crippen LogP contribution in [-0.4, -0.2) is 15.8 Å². The first-order chi connectivity index (χ1) is 8.97. The highest BCUT2D eigenvalue weighted by Crippen LogP contribution is 2.29. The second-order valence-corrected chi connectivity index (χ2v) is 3.87. The lowest BCUT2D eigenvalue weighted by molar-refractivity contribution is -0.137. The van der Waals surface area contributed by atoms with E-state index in [0.29, 0.717) is 5.56 Å². The Morgan fingerprint density at radius 3 is 2.16 bits per heavy atom. The maximum Gasteiger partial charge on any atom is 0.416 e. The zero-order chi connectivity index (χ0) is 13.9. The summed E-state index contributed by atoms with van der Waals surface area (Å²) in [4.78, 5) is 19.3. The molecule has 0 fully saturated rings. The number of halogens is 3. The van der Waals surface area contributed by atoms with Crippen LogP contribution in [0.1, 0.15) is 21.7 Å². The number of hydrogen-bond acceptors (Lipinski definition) is 3. The summed E-state index contributed by atoms with van der Waals surface area (Å²) in [5, 5.41) is 0. The molecule has 1 aromatic carbocycles. The largest absolute Gasteiger partial charge is 0.416 e. The van der Waals surface area contributed by atoms with Crippen LogP contribution in [0.5, 0.6) is 0 Å². The highest BCUT2D eigenvalue weighted by Gasteiger charge is 2.29. The van der Waals surface area contributed by atoms with E-state index in [-0.39, 0.29) is 18.0 Å². The van der Waals surface area contributed by atoms with Crippen molar-refractivity contribution in [1.29, 1.82) is 0 Å². The van der Waals surface area contributed by atoms with Crippen molar-refractivity contribution in [3.05, 3.63) is 59.7 Å². The van der Waals surface area contributed by atoms with Gasteiger partial charge in [0.1, 0.15) is 0 Å². The molecule has 0 unspecified atom stereocenters. The summed E-state index contributed by atoms with van der Waals surface area (Å²) in [5.74, 6) is -0.275. The molecule has 0 N–H and O–H groups in total. The van der Waals surface area contributed by atoms with Crippen LogP contribution >= 0.6 is 0 Å². The van der Waals surface area contributed by atoms with Crippen molar-refractivity contribution in [3.63, 3.8) is 0 Å². The lowest BCUT2D eigenvalue weighted by Gasteiger charge is -2.07. The van der Waals surface area contributed by atoms with Crippen LogP contribution in [0.3, 0.4) is 0 Å². The monoisotopic (exact) mass is 266 g/mol. The summed E-state index contributed by atoms with van der Waals surface area (Å²) in [5.41, 5.74) is -0.245. The van der Waals surface area contributed by atoms with E-state index in [1.807, 2.05) is 0 Å². The van der Waals surface area contributed by atoms with Crippen molar-refractivity contribution in [3.8, 4) is 0 Å². The summed E-state index contributed by atoms with van der Waals surface area (Å²) in [6.07, 6.45) is -1.52. The van der Waals surface area contributed by atoms with Crippen LogP contribution in [0, 0.1) is 0 Å². The Kier molecular flexibility index (Phi) is 3.59. The molecule has 2 aromatic rings. The van der Waals surface area contributed by atoms with Gasteiger partial charge in [0.25, 0.3) is 0 Å². The van der Waals surface area contributed by atoms with Gasteiger partial charge in [0.05, 0.1) is 5.56 Å². The van der Waals surface area contributed by atoms with Crippen molar-refractivity contribution < 1.29 is 18.0 Å². The minimum atomic E-state index is -4.37. The summed E-state index contributed by atoms with van der Waals surface area (Å²) in [7, 11) is 0. The van der Waals surface area contributed by atoms with Crippen LogP contribution in [0.2, 0.25) is 0 Å². The number of nitrogens with zero attached hydrogens (tertiary/aromatic N) is 2. The summed E-state index contributed by atoms with van der Waals surface area (Å²) >= 11 is 0. The van der Waals surface area contributed by atoms with Crippen molar-refractivity contribution in [2.24, 2.45) is 0 Å². The van der Waals surface area contributed by atoms with Crippen LogP contribution in [0.15, 0.2) is 42.7 Å². The molecule has 0 spiro atoms. The molecule has 1 aromatic heterocycles. The fraction of sp³-hybridized carbons (Fsp3) is 0.154. The molecule has 0 aliphatic carbocycles. The highest BCUT2D eigenvalue weighted by molar-refractivity contribution is 5.93. The average molecular weight is 266 g/mol. The molecule has 19 heavy (non-hydrogen) atoms. The first kappa shape index (κ1) is 13.2. The molecular formula is C13H9F3N2O. The Labute approximate surface area is 107 Å². The first-order valence-electron chi connectivity index (χ1n) is 5.43. The predicted molar refractivity (Wildman–Crippen MR) is 61.5 cm³/mol. The van der Waals surface area contributed by atoms with Gasteiger partial charge in [0, 0.05) is 18.8 Å². The Morgan fingerprint density at radius 2 is 1.63 bits per heavy atom. The van der Waals surface area contributed by atoms with E-state index in [2.05, 4.69) is 9.97 Å². The van der Waals surface area contributed by atoms with E-state index >= 15 is 0 Å².